The second-order valence-corrected chi connectivity index (χ2v) is 15.5. The van der Waals surface area contributed by atoms with Crippen LogP contribution < -0.4 is 21.3 Å². The van der Waals surface area contributed by atoms with Gasteiger partial charge in [0.05, 0.1) is 12.2 Å². The molecule has 1 saturated heterocycles. The van der Waals surface area contributed by atoms with Crippen molar-refractivity contribution in [1.82, 2.24) is 36.1 Å². The molecule has 49 heavy (non-hydrogen) atoms. The normalized spacial score (nSPS) is 24.2. The summed E-state index contributed by atoms with van der Waals surface area (Å²) in [7, 11) is 0. The van der Waals surface area contributed by atoms with E-state index in [1.54, 1.807) is 4.90 Å². The number of hydrogen-bond acceptors (Lipinski definition) is 8. The largest absolute Gasteiger partial charge is 0.347 e. The fourth-order valence-electron chi connectivity index (χ4n) is 7.87. The highest BCUT2D eigenvalue weighted by molar-refractivity contribution is 6.38. The predicted octanol–water partition coefficient (Wildman–Crippen LogP) is 2.45. The predicted molar refractivity (Wildman–Crippen MR) is 181 cm³/mol. The maximum Gasteiger partial charge on any atom is 0.289 e. The molecule has 3 saturated carbocycles. The van der Waals surface area contributed by atoms with E-state index in [0.29, 0.717) is 19.4 Å². The Hall–Kier alpha value is -3.90. The molecule has 3 aliphatic carbocycles. The average molecular weight is 680 g/mol. The number of hydrogen-bond donors (Lipinski definition) is 4. The molecule has 0 radical (unpaired) electrons. The molecule has 0 bridgehead atoms. The molecule has 5 rings (SSSR count). The van der Waals surface area contributed by atoms with E-state index >= 15 is 0 Å². The van der Waals surface area contributed by atoms with Crippen molar-refractivity contribution in [3.63, 3.8) is 0 Å². The second-order valence-electron chi connectivity index (χ2n) is 15.5. The molecule has 2 heterocycles. The summed E-state index contributed by atoms with van der Waals surface area (Å²) in [6, 6.07) is -3.68. The van der Waals surface area contributed by atoms with E-state index in [1.807, 2.05) is 27.7 Å². The van der Waals surface area contributed by atoms with Gasteiger partial charge < -0.3 is 26.2 Å². The molecule has 13 heteroatoms. The molecule has 1 aromatic heterocycles. The minimum Gasteiger partial charge on any atom is -0.347 e. The summed E-state index contributed by atoms with van der Waals surface area (Å²) in [5, 5.41) is 11.5. The lowest BCUT2D eigenvalue weighted by molar-refractivity contribution is -0.146. The van der Waals surface area contributed by atoms with Gasteiger partial charge >= 0.3 is 0 Å². The second kappa shape index (κ2) is 15.8. The molecular formula is C36H53N7O6. The van der Waals surface area contributed by atoms with Crippen molar-refractivity contribution in [3.05, 3.63) is 24.3 Å². The summed E-state index contributed by atoms with van der Waals surface area (Å²) in [6.07, 6.45) is 13.9. The van der Waals surface area contributed by atoms with Gasteiger partial charge in [0.15, 0.2) is 0 Å². The lowest BCUT2D eigenvalue weighted by Gasteiger charge is -2.38. The first-order chi connectivity index (χ1) is 23.4. The number of nitrogens with one attached hydrogen (secondary N) is 4. The Balaban J connectivity index is 1.36. The molecule has 0 spiro atoms. The van der Waals surface area contributed by atoms with Gasteiger partial charge in [-0.1, -0.05) is 59.8 Å². The molecule has 4 N–H and O–H groups in total. The van der Waals surface area contributed by atoms with E-state index in [9.17, 15) is 28.8 Å². The van der Waals surface area contributed by atoms with E-state index in [2.05, 4.69) is 31.2 Å². The number of amides is 5. The maximum absolute atomic E-state index is 14.6. The smallest absolute Gasteiger partial charge is 0.289 e. The number of nitrogens with zero attached hydrogens (tertiary/aromatic N) is 3. The number of ketones is 1. The van der Waals surface area contributed by atoms with Gasteiger partial charge in [-0.3, -0.25) is 33.8 Å². The molecular weight excluding hydrogens is 626 g/mol. The van der Waals surface area contributed by atoms with Gasteiger partial charge in [0.1, 0.15) is 23.8 Å². The standard InChI is InChI=1S/C36H53N7O6/c1-5-10-25(29(44)34(48)39-23-15-16-23)40-33(47)28-24-14-9-13-22(24)20-43(28)35(49)30(36(2,3)4)42-32(46)27(21-11-7-6-8-12-21)41-31(45)26-19-37-17-18-38-26/h17-19,21-25,27-28,30H,5-16,20H2,1-4H3,(H,39,48)(H,40,47)(H,41,45)(H,42,46)/t22-,24+,25+,27-,28-,30?/m0/s1. The topological polar surface area (TPSA) is 180 Å². The minimum atomic E-state index is -0.994. The first kappa shape index (κ1) is 36.4. The fourth-order valence-corrected chi connectivity index (χ4v) is 7.87. The summed E-state index contributed by atoms with van der Waals surface area (Å²) in [6.45, 7) is 7.85. The minimum absolute atomic E-state index is 0.0132. The Bertz CT molecular complexity index is 1390. The van der Waals surface area contributed by atoms with Gasteiger partial charge in [0.2, 0.25) is 23.5 Å². The van der Waals surface area contributed by atoms with Gasteiger partial charge in [0, 0.05) is 25.0 Å². The Labute approximate surface area is 288 Å². The Morgan fingerprint density at radius 3 is 2.27 bits per heavy atom. The summed E-state index contributed by atoms with van der Waals surface area (Å²) >= 11 is 0. The van der Waals surface area contributed by atoms with Crippen molar-refractivity contribution in [1.29, 1.82) is 0 Å². The lowest BCUT2D eigenvalue weighted by Crippen LogP contribution is -2.62. The Kier molecular flexibility index (Phi) is 11.7. The van der Waals surface area contributed by atoms with Crippen molar-refractivity contribution in [2.24, 2.45) is 23.2 Å². The van der Waals surface area contributed by atoms with Crippen molar-refractivity contribution in [3.8, 4) is 0 Å². The summed E-state index contributed by atoms with van der Waals surface area (Å²) in [5.74, 6) is -3.20. The highest BCUT2D eigenvalue weighted by Crippen LogP contribution is 2.43. The van der Waals surface area contributed by atoms with E-state index in [0.717, 1.165) is 64.2 Å². The van der Waals surface area contributed by atoms with Crippen LogP contribution in [0.4, 0.5) is 0 Å². The molecule has 5 amide bonds. The average Bonchev–Trinajstić information content (AvgIpc) is 3.65. The SMILES string of the molecule is CCC[C@@H](NC(=O)[C@@H]1[C@@H]2CCC[C@H]2CN1C(=O)C(NC(=O)[C@@H](NC(=O)c1cnccn1)C1CCCCC1)C(C)(C)C)C(=O)C(=O)NC1CC1. The first-order valence-corrected chi connectivity index (χ1v) is 18.2. The van der Waals surface area contributed by atoms with Gasteiger partial charge in [-0.2, -0.15) is 0 Å². The zero-order valence-electron chi connectivity index (χ0n) is 29.3. The monoisotopic (exact) mass is 679 g/mol. The summed E-state index contributed by atoms with van der Waals surface area (Å²) < 4.78 is 0. The van der Waals surface area contributed by atoms with E-state index in [4.69, 9.17) is 0 Å². The van der Waals surface area contributed by atoms with Crippen molar-refractivity contribution < 1.29 is 28.8 Å². The van der Waals surface area contributed by atoms with Crippen molar-refractivity contribution >= 4 is 35.3 Å². The third-order valence-corrected chi connectivity index (χ3v) is 10.7. The number of likely N-dealkylation sites (tertiary alicyclic amines) is 1. The van der Waals surface area contributed by atoms with Crippen molar-refractivity contribution in [2.75, 3.05) is 6.54 Å². The van der Waals surface area contributed by atoms with Crippen LogP contribution in [0.3, 0.4) is 0 Å². The molecule has 4 aliphatic rings. The molecule has 1 aliphatic heterocycles. The molecule has 1 unspecified atom stereocenters. The molecule has 4 fully saturated rings. The van der Waals surface area contributed by atoms with Crippen LogP contribution in [0, 0.1) is 23.2 Å². The third-order valence-electron chi connectivity index (χ3n) is 10.7. The number of aromatic nitrogens is 2. The Morgan fingerprint density at radius 2 is 1.63 bits per heavy atom. The first-order valence-electron chi connectivity index (χ1n) is 18.2. The maximum atomic E-state index is 14.6. The van der Waals surface area contributed by atoms with E-state index in [-0.39, 0.29) is 35.4 Å². The molecule has 1 aromatic rings. The van der Waals surface area contributed by atoms with Crippen LogP contribution in [0.25, 0.3) is 0 Å². The van der Waals surface area contributed by atoms with Gasteiger partial charge in [-0.15, -0.1) is 0 Å². The molecule has 6 atom stereocenters. The molecule has 268 valence electrons. The lowest BCUT2D eigenvalue weighted by atomic mass is 9.82. The van der Waals surface area contributed by atoms with Crippen LogP contribution in [-0.4, -0.2) is 86.9 Å². The number of fused-ring (bicyclic) bond motifs is 1. The number of carbonyl (C=O) groups is 6. The van der Waals surface area contributed by atoms with Gasteiger partial charge in [-0.25, -0.2) is 4.98 Å². The van der Waals surface area contributed by atoms with Crippen LogP contribution in [0.1, 0.15) is 115 Å². The number of carbonyl (C=O) groups excluding carboxylic acids is 6. The van der Waals surface area contributed by atoms with Crippen LogP contribution >= 0.6 is 0 Å². The highest BCUT2D eigenvalue weighted by atomic mass is 16.2. The Morgan fingerprint density at radius 1 is 0.898 bits per heavy atom. The number of Topliss-reactive ketones (excluding diaryl/α,β-unsaturated/α-hetero) is 1. The number of rotatable bonds is 13. The molecule has 0 aromatic carbocycles. The van der Waals surface area contributed by atoms with E-state index < -0.39 is 59.0 Å². The van der Waals surface area contributed by atoms with Crippen LogP contribution in [0.15, 0.2) is 18.6 Å². The summed E-state index contributed by atoms with van der Waals surface area (Å²) in [5.41, 5.74) is -0.638. The van der Waals surface area contributed by atoms with Crippen LogP contribution in [-0.2, 0) is 24.0 Å². The highest BCUT2D eigenvalue weighted by Gasteiger charge is 2.52. The zero-order valence-corrected chi connectivity index (χ0v) is 29.3. The van der Waals surface area contributed by atoms with E-state index in [1.165, 1.54) is 18.6 Å². The van der Waals surface area contributed by atoms with Gasteiger partial charge in [-0.05, 0) is 68.1 Å². The third kappa shape index (κ3) is 8.83. The van der Waals surface area contributed by atoms with Gasteiger partial charge in [0.25, 0.3) is 11.8 Å². The van der Waals surface area contributed by atoms with Crippen LogP contribution in [0.2, 0.25) is 0 Å². The fraction of sp³-hybridized carbons (Fsp3) is 0.722. The van der Waals surface area contributed by atoms with Crippen molar-refractivity contribution in [2.45, 2.75) is 135 Å². The van der Waals surface area contributed by atoms with Crippen LogP contribution in [0.5, 0.6) is 0 Å². The summed E-state index contributed by atoms with van der Waals surface area (Å²) in [4.78, 5) is 91.4. The zero-order chi connectivity index (χ0) is 35.3. The quantitative estimate of drug-likeness (QED) is 0.230. The molecule has 13 nitrogen and oxygen atoms in total.